The van der Waals surface area contributed by atoms with Crippen molar-refractivity contribution in [2.24, 2.45) is 0 Å². The molecule has 2 rings (SSSR count). The maximum absolute atomic E-state index is 10.7. The van der Waals surface area contributed by atoms with E-state index in [1.165, 1.54) is 6.92 Å². The van der Waals surface area contributed by atoms with Gasteiger partial charge in [0.2, 0.25) is 0 Å². The van der Waals surface area contributed by atoms with E-state index in [0.717, 1.165) is 16.6 Å². The Morgan fingerprint density at radius 3 is 2.82 bits per heavy atom. The number of carboxylic acids is 1. The van der Waals surface area contributed by atoms with E-state index in [9.17, 15) is 4.79 Å². The van der Waals surface area contributed by atoms with Gasteiger partial charge in [0.15, 0.2) is 5.58 Å². The molecule has 0 amide bonds. The third-order valence-corrected chi connectivity index (χ3v) is 2.53. The molecule has 1 aromatic heterocycles. The fraction of sp³-hybridized carbons (Fsp3) is 0.333. The molecule has 0 spiro atoms. The smallest absolute Gasteiger partial charge is 0.325 e. The van der Waals surface area contributed by atoms with Gasteiger partial charge in [-0.25, -0.2) is 0 Å². The van der Waals surface area contributed by atoms with Crippen LogP contribution in [0.5, 0.6) is 0 Å². The molecule has 0 saturated heterocycles. The first-order valence-corrected chi connectivity index (χ1v) is 5.34. The van der Waals surface area contributed by atoms with Crippen molar-refractivity contribution < 1.29 is 14.3 Å². The number of aliphatic carboxylic acids is 1. The molecule has 0 bridgehead atoms. The molecule has 0 aliphatic heterocycles. The van der Waals surface area contributed by atoms with Crippen molar-refractivity contribution in [2.75, 3.05) is 5.32 Å². The molecular formula is C12H14N2O3. The van der Waals surface area contributed by atoms with Crippen LogP contribution in [-0.4, -0.2) is 22.1 Å². The highest BCUT2D eigenvalue weighted by atomic mass is 16.4. The highest BCUT2D eigenvalue weighted by Gasteiger charge is 2.15. The van der Waals surface area contributed by atoms with Crippen molar-refractivity contribution in [2.45, 2.75) is 26.8 Å². The van der Waals surface area contributed by atoms with Crippen LogP contribution in [0.3, 0.4) is 0 Å². The van der Waals surface area contributed by atoms with E-state index in [0.29, 0.717) is 5.58 Å². The van der Waals surface area contributed by atoms with Gasteiger partial charge in [-0.1, -0.05) is 6.07 Å². The number of nitrogens with one attached hydrogen (secondary N) is 1. The van der Waals surface area contributed by atoms with Crippen LogP contribution in [0.1, 0.15) is 18.1 Å². The lowest BCUT2D eigenvalue weighted by molar-refractivity contribution is -0.137. The molecular weight excluding hydrogens is 220 g/mol. The number of nitrogens with zero attached hydrogens (tertiary/aromatic N) is 1. The van der Waals surface area contributed by atoms with Gasteiger partial charge in [-0.2, -0.15) is 4.98 Å². The van der Waals surface area contributed by atoms with Gasteiger partial charge in [-0.05, 0) is 38.0 Å². The van der Waals surface area contributed by atoms with E-state index in [-0.39, 0.29) is 6.01 Å². The summed E-state index contributed by atoms with van der Waals surface area (Å²) in [7, 11) is 0. The van der Waals surface area contributed by atoms with Gasteiger partial charge in [0.1, 0.15) is 11.6 Å². The van der Waals surface area contributed by atoms with Crippen molar-refractivity contribution in [3.63, 3.8) is 0 Å². The predicted octanol–water partition coefficient (Wildman–Crippen LogP) is 2.33. The number of anilines is 1. The molecule has 2 N–H and O–H groups in total. The Hall–Kier alpha value is -2.04. The fourth-order valence-electron chi connectivity index (χ4n) is 1.69. The van der Waals surface area contributed by atoms with Gasteiger partial charge >= 0.3 is 5.97 Å². The summed E-state index contributed by atoms with van der Waals surface area (Å²) >= 11 is 0. The normalized spacial score (nSPS) is 12.6. The Morgan fingerprint density at radius 2 is 2.18 bits per heavy atom. The quantitative estimate of drug-likeness (QED) is 0.852. The second-order valence-electron chi connectivity index (χ2n) is 4.15. The molecule has 1 heterocycles. The number of oxazole rings is 1. The van der Waals surface area contributed by atoms with Crippen LogP contribution >= 0.6 is 0 Å². The number of fused-ring (bicyclic) bond motifs is 1. The third-order valence-electron chi connectivity index (χ3n) is 2.53. The molecule has 5 nitrogen and oxygen atoms in total. The molecule has 0 fully saturated rings. The van der Waals surface area contributed by atoms with Crippen molar-refractivity contribution in [3.05, 3.63) is 23.3 Å². The van der Waals surface area contributed by atoms with Crippen LogP contribution in [-0.2, 0) is 4.79 Å². The summed E-state index contributed by atoms with van der Waals surface area (Å²) in [5, 5.41) is 11.5. The number of rotatable bonds is 3. The molecule has 0 unspecified atom stereocenters. The van der Waals surface area contributed by atoms with Crippen molar-refractivity contribution in [1.29, 1.82) is 0 Å². The number of carbonyl (C=O) groups is 1. The first kappa shape index (κ1) is 11.4. The minimum atomic E-state index is -0.944. The van der Waals surface area contributed by atoms with Crippen LogP contribution in [0.4, 0.5) is 6.01 Å². The first-order valence-electron chi connectivity index (χ1n) is 5.34. The summed E-state index contributed by atoms with van der Waals surface area (Å²) in [6.07, 6.45) is 0. The predicted molar refractivity (Wildman–Crippen MR) is 64.2 cm³/mol. The van der Waals surface area contributed by atoms with Crippen LogP contribution < -0.4 is 5.32 Å². The summed E-state index contributed by atoms with van der Waals surface area (Å²) in [5.41, 5.74) is 3.52. The lowest BCUT2D eigenvalue weighted by atomic mass is 10.1. The number of hydrogen-bond acceptors (Lipinski definition) is 4. The lowest BCUT2D eigenvalue weighted by Crippen LogP contribution is -2.25. The third kappa shape index (κ3) is 2.22. The zero-order valence-electron chi connectivity index (χ0n) is 9.94. The van der Waals surface area contributed by atoms with Crippen LogP contribution in [0.2, 0.25) is 0 Å². The van der Waals surface area contributed by atoms with Crippen LogP contribution in [0, 0.1) is 13.8 Å². The van der Waals surface area contributed by atoms with Gasteiger partial charge < -0.3 is 14.8 Å². The highest BCUT2D eigenvalue weighted by molar-refractivity contribution is 5.80. The average molecular weight is 234 g/mol. The summed E-state index contributed by atoms with van der Waals surface area (Å²) in [4.78, 5) is 14.9. The Balaban J connectivity index is 2.38. The zero-order chi connectivity index (χ0) is 12.6. The number of aryl methyl sites for hydroxylation is 2. The van der Waals surface area contributed by atoms with Gasteiger partial charge in [-0.15, -0.1) is 0 Å². The Labute approximate surface area is 98.5 Å². The molecule has 0 radical (unpaired) electrons. The number of carboxylic acid groups (broad SMARTS) is 1. The molecule has 0 saturated carbocycles. The molecule has 17 heavy (non-hydrogen) atoms. The molecule has 2 aromatic rings. The monoisotopic (exact) mass is 234 g/mol. The molecule has 1 aromatic carbocycles. The molecule has 0 aliphatic carbocycles. The standard InChI is InChI=1S/C12H14N2O3/c1-6-4-7(2)10-9(5-6)14-12(17-10)13-8(3)11(15)16/h4-5,8H,1-3H3,(H,13,14)(H,15,16)/t8-/m1/s1. The maximum atomic E-state index is 10.7. The summed E-state index contributed by atoms with van der Waals surface area (Å²) in [6, 6.07) is 3.41. The average Bonchev–Trinajstić information content (AvgIpc) is 2.60. The molecule has 90 valence electrons. The van der Waals surface area contributed by atoms with Crippen molar-refractivity contribution in [3.8, 4) is 0 Å². The zero-order valence-corrected chi connectivity index (χ0v) is 9.94. The van der Waals surface area contributed by atoms with Gasteiger partial charge in [0.05, 0.1) is 0 Å². The molecule has 0 aliphatic rings. The molecule has 5 heteroatoms. The summed E-state index contributed by atoms with van der Waals surface area (Å²) < 4.78 is 5.49. The number of hydrogen-bond donors (Lipinski definition) is 2. The Bertz CT molecular complexity index is 574. The Kier molecular flexibility index (Phi) is 2.75. The second kappa shape index (κ2) is 4.08. The van der Waals surface area contributed by atoms with E-state index in [1.54, 1.807) is 0 Å². The van der Waals surface area contributed by atoms with E-state index in [1.807, 2.05) is 26.0 Å². The highest BCUT2D eigenvalue weighted by Crippen LogP contribution is 2.24. The summed E-state index contributed by atoms with van der Waals surface area (Å²) in [6.45, 7) is 5.45. The minimum absolute atomic E-state index is 0.239. The molecule has 1 atom stereocenters. The minimum Gasteiger partial charge on any atom is -0.480 e. The summed E-state index contributed by atoms with van der Waals surface area (Å²) in [5.74, 6) is -0.944. The second-order valence-corrected chi connectivity index (χ2v) is 4.15. The largest absolute Gasteiger partial charge is 0.480 e. The van der Waals surface area contributed by atoms with E-state index in [2.05, 4.69) is 10.3 Å². The van der Waals surface area contributed by atoms with Crippen LogP contribution in [0.15, 0.2) is 16.5 Å². The number of aromatic nitrogens is 1. The Morgan fingerprint density at radius 1 is 1.47 bits per heavy atom. The van der Waals surface area contributed by atoms with E-state index >= 15 is 0 Å². The van der Waals surface area contributed by atoms with Gasteiger partial charge in [0.25, 0.3) is 6.01 Å². The van der Waals surface area contributed by atoms with Gasteiger partial charge in [-0.3, -0.25) is 4.79 Å². The lowest BCUT2D eigenvalue weighted by Gasteiger charge is -2.04. The van der Waals surface area contributed by atoms with Crippen molar-refractivity contribution >= 4 is 23.1 Å². The van der Waals surface area contributed by atoms with E-state index < -0.39 is 12.0 Å². The van der Waals surface area contributed by atoms with Crippen molar-refractivity contribution in [1.82, 2.24) is 4.98 Å². The van der Waals surface area contributed by atoms with Crippen LogP contribution in [0.25, 0.3) is 11.1 Å². The number of benzene rings is 1. The maximum Gasteiger partial charge on any atom is 0.325 e. The topological polar surface area (TPSA) is 75.4 Å². The SMILES string of the molecule is Cc1cc(C)c2oc(N[C@H](C)C(=O)O)nc2c1. The fourth-order valence-corrected chi connectivity index (χ4v) is 1.69. The van der Waals surface area contributed by atoms with Gasteiger partial charge in [0, 0.05) is 0 Å². The van der Waals surface area contributed by atoms with E-state index in [4.69, 9.17) is 9.52 Å². The first-order chi connectivity index (χ1) is 7.97.